The number of anilines is 1. The van der Waals surface area contributed by atoms with E-state index >= 15 is 0 Å². The van der Waals surface area contributed by atoms with Gasteiger partial charge in [-0.15, -0.1) is 0 Å². The number of H-pyrrole nitrogens is 1. The summed E-state index contributed by atoms with van der Waals surface area (Å²) in [6.45, 7) is 0.720. The summed E-state index contributed by atoms with van der Waals surface area (Å²) < 4.78 is 6.08. The lowest BCUT2D eigenvalue weighted by atomic mass is 10.00. The van der Waals surface area contributed by atoms with Crippen LogP contribution in [0.15, 0.2) is 72.8 Å². The van der Waals surface area contributed by atoms with Crippen LogP contribution in [0.3, 0.4) is 0 Å². The molecule has 4 heteroatoms. The van der Waals surface area contributed by atoms with Crippen molar-refractivity contribution in [1.29, 1.82) is 0 Å². The highest BCUT2D eigenvalue weighted by molar-refractivity contribution is 5.92. The Bertz CT molecular complexity index is 1100. The summed E-state index contributed by atoms with van der Waals surface area (Å²) in [6, 6.07) is 24.9. The first-order chi connectivity index (χ1) is 14.7. The third-order valence-corrected chi connectivity index (χ3v) is 5.41. The monoisotopic (exact) mass is 399 g/mol. The molecule has 3 N–H and O–H groups in total. The van der Waals surface area contributed by atoms with Gasteiger partial charge >= 0.3 is 0 Å². The number of para-hydroxylation sites is 1. The number of hydrogen-bond acceptors (Lipinski definition) is 3. The molecule has 0 bridgehead atoms. The molecule has 0 atom stereocenters. The Hall–Kier alpha value is -3.24. The molecule has 154 valence electrons. The van der Waals surface area contributed by atoms with E-state index in [0.717, 1.165) is 42.8 Å². The van der Waals surface area contributed by atoms with Gasteiger partial charge in [-0.3, -0.25) is 0 Å². The number of nitrogens with zero attached hydrogens (tertiary/aromatic N) is 1. The summed E-state index contributed by atoms with van der Waals surface area (Å²) in [5, 5.41) is 1.21. The number of aromatic nitrogens is 1. The maximum atomic E-state index is 6.08. The van der Waals surface area contributed by atoms with E-state index in [0.29, 0.717) is 0 Å². The Morgan fingerprint density at radius 1 is 0.867 bits per heavy atom. The molecule has 1 aromatic heterocycles. The largest absolute Gasteiger partial charge is 0.457 e. The number of nitrogens with two attached hydrogens (primary N) is 1. The standard InChI is InChI=1S/C26H29N3O/c1-29(2)20-13-11-19(12-14-20)26-23(10-6-7-17-27)24-18-22(15-16-25(24)28-26)30-21-8-4-3-5-9-21/h3-5,8-9,11-16,18,28H,6-7,10,17,27H2,1-2H3. The number of benzene rings is 3. The normalized spacial score (nSPS) is 11.0. The molecule has 0 amide bonds. The highest BCUT2D eigenvalue weighted by Crippen LogP contribution is 2.35. The number of rotatable bonds is 8. The van der Waals surface area contributed by atoms with Crippen LogP contribution in [-0.4, -0.2) is 25.6 Å². The van der Waals surface area contributed by atoms with Gasteiger partial charge in [0.15, 0.2) is 0 Å². The van der Waals surface area contributed by atoms with E-state index in [4.69, 9.17) is 10.5 Å². The molecule has 0 aliphatic rings. The van der Waals surface area contributed by atoms with E-state index in [1.807, 2.05) is 36.4 Å². The van der Waals surface area contributed by atoms with Gasteiger partial charge in [-0.25, -0.2) is 0 Å². The second-order valence-electron chi connectivity index (χ2n) is 7.79. The fourth-order valence-corrected chi connectivity index (χ4v) is 3.79. The molecule has 0 saturated carbocycles. The highest BCUT2D eigenvalue weighted by Gasteiger charge is 2.14. The van der Waals surface area contributed by atoms with Crippen molar-refractivity contribution in [2.24, 2.45) is 5.73 Å². The lowest BCUT2D eigenvalue weighted by molar-refractivity contribution is 0.483. The van der Waals surface area contributed by atoms with Crippen molar-refractivity contribution in [3.63, 3.8) is 0 Å². The fraction of sp³-hybridized carbons (Fsp3) is 0.231. The van der Waals surface area contributed by atoms with E-state index < -0.39 is 0 Å². The van der Waals surface area contributed by atoms with E-state index in [2.05, 4.69) is 60.4 Å². The van der Waals surface area contributed by atoms with Crippen LogP contribution in [-0.2, 0) is 6.42 Å². The molecule has 3 aromatic carbocycles. The van der Waals surface area contributed by atoms with Gasteiger partial charge in [0, 0.05) is 36.4 Å². The maximum absolute atomic E-state index is 6.08. The first kappa shape index (κ1) is 20.0. The maximum Gasteiger partial charge on any atom is 0.128 e. The first-order valence-electron chi connectivity index (χ1n) is 10.5. The Labute approximate surface area is 178 Å². The SMILES string of the molecule is CN(C)c1ccc(-c2[nH]c3ccc(Oc4ccccc4)cc3c2CCCCN)cc1. The number of aryl methyl sites for hydroxylation is 1. The molecular weight excluding hydrogens is 370 g/mol. The quantitative estimate of drug-likeness (QED) is 0.359. The molecule has 0 spiro atoms. The number of nitrogens with one attached hydrogen (secondary N) is 1. The second-order valence-corrected chi connectivity index (χ2v) is 7.79. The third-order valence-electron chi connectivity index (χ3n) is 5.41. The van der Waals surface area contributed by atoms with Gasteiger partial charge in [-0.2, -0.15) is 0 Å². The minimum Gasteiger partial charge on any atom is -0.457 e. The average Bonchev–Trinajstić information content (AvgIpc) is 3.13. The zero-order chi connectivity index (χ0) is 20.9. The van der Waals surface area contributed by atoms with Crippen molar-refractivity contribution < 1.29 is 4.74 Å². The summed E-state index contributed by atoms with van der Waals surface area (Å²) in [5.41, 5.74) is 11.8. The molecule has 0 fully saturated rings. The molecule has 30 heavy (non-hydrogen) atoms. The minimum atomic E-state index is 0.720. The van der Waals surface area contributed by atoms with Crippen LogP contribution in [0.4, 0.5) is 5.69 Å². The Morgan fingerprint density at radius 2 is 1.63 bits per heavy atom. The van der Waals surface area contributed by atoms with E-state index in [9.17, 15) is 0 Å². The summed E-state index contributed by atoms with van der Waals surface area (Å²) in [4.78, 5) is 5.76. The van der Waals surface area contributed by atoms with Crippen LogP contribution < -0.4 is 15.4 Å². The molecular formula is C26H29N3O. The molecule has 0 unspecified atom stereocenters. The van der Waals surface area contributed by atoms with Crippen LogP contribution in [0, 0.1) is 0 Å². The second kappa shape index (κ2) is 9.06. The molecule has 4 aromatic rings. The molecule has 0 aliphatic carbocycles. The first-order valence-corrected chi connectivity index (χ1v) is 10.5. The topological polar surface area (TPSA) is 54.3 Å². The lowest BCUT2D eigenvalue weighted by Gasteiger charge is -2.13. The van der Waals surface area contributed by atoms with Crippen LogP contribution in [0.5, 0.6) is 11.5 Å². The van der Waals surface area contributed by atoms with Crippen molar-refractivity contribution in [1.82, 2.24) is 4.98 Å². The van der Waals surface area contributed by atoms with Crippen molar-refractivity contribution in [3.05, 3.63) is 78.4 Å². The molecule has 0 radical (unpaired) electrons. The van der Waals surface area contributed by atoms with Gasteiger partial charge in [-0.05, 0) is 79.4 Å². The number of hydrogen-bond donors (Lipinski definition) is 2. The Balaban J connectivity index is 1.74. The molecule has 4 rings (SSSR count). The molecule has 4 nitrogen and oxygen atoms in total. The van der Waals surface area contributed by atoms with E-state index in [1.54, 1.807) is 0 Å². The van der Waals surface area contributed by atoms with Crippen LogP contribution in [0.1, 0.15) is 18.4 Å². The van der Waals surface area contributed by atoms with Crippen molar-refractivity contribution in [2.45, 2.75) is 19.3 Å². The molecule has 0 aliphatic heterocycles. The zero-order valence-electron chi connectivity index (χ0n) is 17.7. The number of fused-ring (bicyclic) bond motifs is 1. The summed E-state index contributed by atoms with van der Waals surface area (Å²) in [7, 11) is 4.12. The van der Waals surface area contributed by atoms with Crippen molar-refractivity contribution in [3.8, 4) is 22.8 Å². The highest BCUT2D eigenvalue weighted by atomic mass is 16.5. The van der Waals surface area contributed by atoms with Crippen LogP contribution in [0.2, 0.25) is 0 Å². The van der Waals surface area contributed by atoms with Gasteiger partial charge in [-0.1, -0.05) is 30.3 Å². The zero-order valence-corrected chi connectivity index (χ0v) is 17.7. The Kier molecular flexibility index (Phi) is 6.05. The van der Waals surface area contributed by atoms with Gasteiger partial charge < -0.3 is 20.4 Å². The van der Waals surface area contributed by atoms with E-state index in [-0.39, 0.29) is 0 Å². The Morgan fingerprint density at radius 3 is 2.33 bits per heavy atom. The average molecular weight is 400 g/mol. The van der Waals surface area contributed by atoms with Gasteiger partial charge in [0.1, 0.15) is 11.5 Å². The van der Waals surface area contributed by atoms with Gasteiger partial charge in [0.2, 0.25) is 0 Å². The fourth-order valence-electron chi connectivity index (χ4n) is 3.79. The van der Waals surface area contributed by atoms with Gasteiger partial charge in [0.05, 0.1) is 0 Å². The summed E-state index contributed by atoms with van der Waals surface area (Å²) in [5.74, 6) is 1.69. The third kappa shape index (κ3) is 4.34. The lowest BCUT2D eigenvalue weighted by Crippen LogP contribution is -2.07. The van der Waals surface area contributed by atoms with Crippen molar-refractivity contribution in [2.75, 3.05) is 25.5 Å². The predicted molar refractivity (Wildman–Crippen MR) is 127 cm³/mol. The predicted octanol–water partition coefficient (Wildman–Crippen LogP) is 5.97. The smallest absolute Gasteiger partial charge is 0.128 e. The summed E-state index contributed by atoms with van der Waals surface area (Å²) in [6.07, 6.45) is 3.07. The van der Waals surface area contributed by atoms with Crippen LogP contribution >= 0.6 is 0 Å². The van der Waals surface area contributed by atoms with Gasteiger partial charge in [0.25, 0.3) is 0 Å². The molecule has 0 saturated heterocycles. The minimum absolute atomic E-state index is 0.720. The van der Waals surface area contributed by atoms with Crippen LogP contribution in [0.25, 0.3) is 22.2 Å². The molecule has 1 heterocycles. The number of unbranched alkanes of at least 4 members (excludes halogenated alkanes) is 1. The summed E-state index contributed by atoms with van der Waals surface area (Å²) >= 11 is 0. The van der Waals surface area contributed by atoms with E-state index in [1.165, 1.54) is 27.9 Å². The van der Waals surface area contributed by atoms with Crippen molar-refractivity contribution >= 4 is 16.6 Å². The number of aromatic amines is 1. The number of ether oxygens (including phenoxy) is 1.